The number of ether oxygens (including phenoxy) is 4. The van der Waals surface area contributed by atoms with Crippen molar-refractivity contribution >= 4 is 12.4 Å². The van der Waals surface area contributed by atoms with E-state index in [0.717, 1.165) is 0 Å². The van der Waals surface area contributed by atoms with Gasteiger partial charge in [-0.3, -0.25) is 9.98 Å². The molecule has 0 unspecified atom stereocenters. The quantitative estimate of drug-likeness (QED) is 0.506. The van der Waals surface area contributed by atoms with Crippen LogP contribution in [-0.2, 0) is 0 Å². The van der Waals surface area contributed by atoms with Gasteiger partial charge in [0.05, 0.1) is 41.5 Å². The average molecular weight is 388 g/mol. The molecule has 28 heavy (non-hydrogen) atoms. The predicted octanol–water partition coefficient (Wildman–Crippen LogP) is 2.67. The molecule has 0 fully saturated rings. The number of hydrogen-bond donors (Lipinski definition) is 2. The van der Waals surface area contributed by atoms with Gasteiger partial charge in [-0.25, -0.2) is 0 Å². The summed E-state index contributed by atoms with van der Waals surface area (Å²) in [5, 5.41) is 20.4. The third-order valence-electron chi connectivity index (χ3n) is 3.92. The molecule has 0 spiro atoms. The number of nitrogens with zero attached hydrogens (tertiary/aromatic N) is 2. The fraction of sp³-hybridized carbons (Fsp3) is 0.300. The Morgan fingerprint density at radius 2 is 1.07 bits per heavy atom. The number of rotatable bonds is 9. The summed E-state index contributed by atoms with van der Waals surface area (Å²) in [7, 11) is 5.91. The van der Waals surface area contributed by atoms with Crippen LogP contribution in [-0.4, -0.2) is 64.2 Å². The van der Waals surface area contributed by atoms with Crippen molar-refractivity contribution in [3.05, 3.63) is 35.4 Å². The van der Waals surface area contributed by atoms with E-state index in [1.165, 1.54) is 28.4 Å². The van der Waals surface area contributed by atoms with Crippen molar-refractivity contribution in [3.8, 4) is 34.5 Å². The summed E-state index contributed by atoms with van der Waals surface area (Å²) < 4.78 is 20.5. The summed E-state index contributed by atoms with van der Waals surface area (Å²) in [4.78, 5) is 8.49. The Bertz CT molecular complexity index is 793. The van der Waals surface area contributed by atoms with E-state index >= 15 is 0 Å². The van der Waals surface area contributed by atoms with E-state index in [1.807, 2.05) is 0 Å². The Hall–Kier alpha value is -3.42. The smallest absolute Gasteiger partial charge is 0.203 e. The molecule has 2 aromatic carbocycles. The summed E-state index contributed by atoms with van der Waals surface area (Å²) in [6.07, 6.45) is 3.08. The number of benzene rings is 2. The number of aliphatic imine (C=N–C) groups is 2. The number of hydrogen-bond acceptors (Lipinski definition) is 8. The number of methoxy groups -OCH3 is 4. The van der Waals surface area contributed by atoms with Gasteiger partial charge in [0.1, 0.15) is 0 Å². The molecule has 0 aromatic heterocycles. The van der Waals surface area contributed by atoms with Gasteiger partial charge >= 0.3 is 0 Å². The lowest BCUT2D eigenvalue weighted by Gasteiger charge is -2.10. The third-order valence-corrected chi connectivity index (χ3v) is 3.92. The topological polar surface area (TPSA) is 102 Å². The van der Waals surface area contributed by atoms with Crippen LogP contribution in [0.1, 0.15) is 11.1 Å². The lowest BCUT2D eigenvalue weighted by atomic mass is 10.2. The first-order valence-electron chi connectivity index (χ1n) is 8.44. The average Bonchev–Trinajstić information content (AvgIpc) is 2.71. The lowest BCUT2D eigenvalue weighted by Crippen LogP contribution is -1.96. The summed E-state index contributed by atoms with van der Waals surface area (Å²) in [5.41, 5.74) is 1.03. The van der Waals surface area contributed by atoms with Crippen molar-refractivity contribution in [3.63, 3.8) is 0 Å². The Morgan fingerprint density at radius 1 is 0.679 bits per heavy atom. The van der Waals surface area contributed by atoms with E-state index in [9.17, 15) is 10.2 Å². The predicted molar refractivity (Wildman–Crippen MR) is 107 cm³/mol. The normalized spacial score (nSPS) is 11.1. The van der Waals surface area contributed by atoms with Gasteiger partial charge < -0.3 is 29.2 Å². The maximum absolute atomic E-state index is 10.2. The highest BCUT2D eigenvalue weighted by Crippen LogP contribution is 2.39. The molecule has 2 rings (SSSR count). The van der Waals surface area contributed by atoms with Crippen molar-refractivity contribution in [2.24, 2.45) is 9.98 Å². The highest BCUT2D eigenvalue weighted by Gasteiger charge is 2.13. The van der Waals surface area contributed by atoms with Gasteiger partial charge in [0.2, 0.25) is 11.5 Å². The minimum Gasteiger partial charge on any atom is -0.504 e. The van der Waals surface area contributed by atoms with Gasteiger partial charge in [-0.15, -0.1) is 0 Å². The summed E-state index contributed by atoms with van der Waals surface area (Å²) in [6, 6.07) is 6.76. The fourth-order valence-corrected chi connectivity index (χ4v) is 2.50. The zero-order chi connectivity index (χ0) is 20.5. The molecule has 2 N–H and O–H groups in total. The maximum Gasteiger partial charge on any atom is 0.203 e. The molecule has 8 heteroatoms. The molecule has 0 saturated carbocycles. The van der Waals surface area contributed by atoms with Gasteiger partial charge in [0.25, 0.3) is 0 Å². The molecule has 0 heterocycles. The van der Waals surface area contributed by atoms with Crippen LogP contribution in [0, 0.1) is 0 Å². The fourth-order valence-electron chi connectivity index (χ4n) is 2.50. The van der Waals surface area contributed by atoms with Crippen molar-refractivity contribution in [2.75, 3.05) is 41.5 Å². The standard InChI is InChI=1S/C20H24N2O6/c1-25-15-7-5-13(17(23)19(15)27-3)11-21-9-10-22-12-14-6-8-16(26-2)20(28-4)18(14)24/h5-8,11-12,23-24H,9-10H2,1-4H3. The first-order chi connectivity index (χ1) is 13.6. The second-order valence-electron chi connectivity index (χ2n) is 5.55. The summed E-state index contributed by atoms with van der Waals surface area (Å²) >= 11 is 0. The molecule has 0 saturated heterocycles. The Balaban J connectivity index is 2.00. The van der Waals surface area contributed by atoms with E-state index in [2.05, 4.69) is 9.98 Å². The van der Waals surface area contributed by atoms with Gasteiger partial charge in [-0.05, 0) is 24.3 Å². The number of phenols is 2. The summed E-state index contributed by atoms with van der Waals surface area (Å²) in [6.45, 7) is 0.802. The zero-order valence-electron chi connectivity index (χ0n) is 16.3. The van der Waals surface area contributed by atoms with Crippen LogP contribution in [0.2, 0.25) is 0 Å². The first-order valence-corrected chi connectivity index (χ1v) is 8.44. The molecule has 0 atom stereocenters. The molecule has 0 amide bonds. The van der Waals surface area contributed by atoms with E-state index in [1.54, 1.807) is 36.7 Å². The molecule has 8 nitrogen and oxygen atoms in total. The van der Waals surface area contributed by atoms with Crippen LogP contribution in [0.3, 0.4) is 0 Å². The van der Waals surface area contributed by atoms with Crippen molar-refractivity contribution in [1.82, 2.24) is 0 Å². The maximum atomic E-state index is 10.2. The highest BCUT2D eigenvalue weighted by atomic mass is 16.5. The van der Waals surface area contributed by atoms with Gasteiger partial charge in [0.15, 0.2) is 23.0 Å². The molecule has 0 aliphatic carbocycles. The zero-order valence-corrected chi connectivity index (χ0v) is 16.3. The van der Waals surface area contributed by atoms with Crippen LogP contribution in [0.15, 0.2) is 34.3 Å². The van der Waals surface area contributed by atoms with Crippen molar-refractivity contribution < 1.29 is 29.2 Å². The van der Waals surface area contributed by atoms with Gasteiger partial charge in [-0.2, -0.15) is 0 Å². The molecule has 0 bridgehead atoms. The highest BCUT2D eigenvalue weighted by molar-refractivity contribution is 5.86. The summed E-state index contributed by atoms with van der Waals surface area (Å²) in [5.74, 6) is 1.32. The second kappa shape index (κ2) is 10.1. The lowest BCUT2D eigenvalue weighted by molar-refractivity contribution is 0.333. The van der Waals surface area contributed by atoms with Crippen molar-refractivity contribution in [2.45, 2.75) is 0 Å². The van der Waals surface area contributed by atoms with Crippen molar-refractivity contribution in [1.29, 1.82) is 0 Å². The van der Waals surface area contributed by atoms with Crippen LogP contribution < -0.4 is 18.9 Å². The molecular weight excluding hydrogens is 364 g/mol. The number of phenolic OH excluding ortho intramolecular Hbond substituents is 2. The second-order valence-corrected chi connectivity index (χ2v) is 5.55. The Kier molecular flexibility index (Phi) is 7.50. The molecule has 0 radical (unpaired) electrons. The van der Waals surface area contributed by atoms with Crippen LogP contribution in [0.5, 0.6) is 34.5 Å². The SMILES string of the molecule is COc1ccc(C=NCCN=Cc2ccc(OC)c(OC)c2O)c(O)c1OC. The van der Waals surface area contributed by atoms with Gasteiger partial charge in [0, 0.05) is 23.6 Å². The molecule has 150 valence electrons. The Labute approximate surface area is 163 Å². The van der Waals surface area contributed by atoms with Crippen LogP contribution in [0.25, 0.3) is 0 Å². The molecule has 2 aromatic rings. The number of aromatic hydroxyl groups is 2. The molecular formula is C20H24N2O6. The van der Waals surface area contributed by atoms with Gasteiger partial charge in [-0.1, -0.05) is 0 Å². The third kappa shape index (κ3) is 4.64. The monoisotopic (exact) mass is 388 g/mol. The largest absolute Gasteiger partial charge is 0.504 e. The Morgan fingerprint density at radius 3 is 1.39 bits per heavy atom. The van der Waals surface area contributed by atoms with E-state index in [4.69, 9.17) is 18.9 Å². The van der Waals surface area contributed by atoms with E-state index < -0.39 is 0 Å². The molecule has 0 aliphatic rings. The van der Waals surface area contributed by atoms with E-state index in [0.29, 0.717) is 35.7 Å². The van der Waals surface area contributed by atoms with E-state index in [-0.39, 0.29) is 23.0 Å². The minimum absolute atomic E-state index is 0.0376. The van der Waals surface area contributed by atoms with Crippen LogP contribution >= 0.6 is 0 Å². The molecule has 0 aliphatic heterocycles. The minimum atomic E-state index is -0.0376. The van der Waals surface area contributed by atoms with Crippen LogP contribution in [0.4, 0.5) is 0 Å². The first kappa shape index (κ1) is 20.9.